The van der Waals surface area contributed by atoms with Crippen molar-refractivity contribution < 1.29 is 17.9 Å². The van der Waals surface area contributed by atoms with Crippen LogP contribution in [0.1, 0.15) is 25.8 Å². The molecule has 5 nitrogen and oxygen atoms in total. The van der Waals surface area contributed by atoms with Crippen LogP contribution in [-0.4, -0.2) is 37.8 Å². The number of nitrogens with zero attached hydrogens (tertiary/aromatic N) is 1. The summed E-state index contributed by atoms with van der Waals surface area (Å²) in [5.41, 5.74) is 0.875. The topological polar surface area (TPSA) is 63.7 Å². The molecular formula is C14H20ClNO4S. The largest absolute Gasteiger partial charge is 0.445 e. The van der Waals surface area contributed by atoms with E-state index in [1.165, 1.54) is 4.90 Å². The molecule has 0 saturated carbocycles. The van der Waals surface area contributed by atoms with Crippen molar-refractivity contribution in [1.82, 2.24) is 4.90 Å². The van der Waals surface area contributed by atoms with Crippen molar-refractivity contribution in [2.24, 2.45) is 0 Å². The lowest BCUT2D eigenvalue weighted by atomic mass is 10.2. The Balaban J connectivity index is 2.62. The maximum atomic E-state index is 12.1. The van der Waals surface area contributed by atoms with E-state index >= 15 is 0 Å². The molecule has 1 atom stereocenters. The van der Waals surface area contributed by atoms with Crippen molar-refractivity contribution in [2.75, 3.05) is 12.3 Å². The van der Waals surface area contributed by atoms with Gasteiger partial charge in [-0.05, 0) is 18.9 Å². The first-order valence-corrected chi connectivity index (χ1v) is 9.21. The summed E-state index contributed by atoms with van der Waals surface area (Å²) in [6.45, 7) is 3.93. The molecule has 7 heteroatoms. The van der Waals surface area contributed by atoms with E-state index in [-0.39, 0.29) is 24.9 Å². The standard InChI is InChI=1S/C14H20ClNO4S/c1-3-12(2)16(9-10-21(15,18)19)14(17)20-11-13-7-5-4-6-8-13/h4-8,12H,3,9-11H2,1-2H3. The molecule has 0 N–H and O–H groups in total. The predicted molar refractivity (Wildman–Crippen MR) is 82.7 cm³/mol. The SMILES string of the molecule is CCC(C)N(CCS(=O)(=O)Cl)C(=O)OCc1ccccc1. The van der Waals surface area contributed by atoms with E-state index in [0.717, 1.165) is 5.56 Å². The first-order valence-electron chi connectivity index (χ1n) is 6.73. The molecule has 0 aliphatic rings. The Labute approximate surface area is 130 Å². The van der Waals surface area contributed by atoms with Crippen LogP contribution >= 0.6 is 10.7 Å². The van der Waals surface area contributed by atoms with Gasteiger partial charge in [0.1, 0.15) is 6.61 Å². The maximum absolute atomic E-state index is 12.1. The summed E-state index contributed by atoms with van der Waals surface area (Å²) in [6, 6.07) is 9.17. The molecule has 118 valence electrons. The Morgan fingerprint density at radius 2 is 1.95 bits per heavy atom. The highest BCUT2D eigenvalue weighted by Gasteiger charge is 2.22. The molecule has 0 heterocycles. The third-order valence-electron chi connectivity index (χ3n) is 3.14. The molecule has 1 amide bonds. The number of hydrogen-bond donors (Lipinski definition) is 0. The number of carbonyl (C=O) groups excluding carboxylic acids is 1. The molecule has 0 spiro atoms. The summed E-state index contributed by atoms with van der Waals surface area (Å²) in [4.78, 5) is 13.5. The van der Waals surface area contributed by atoms with Crippen LogP contribution < -0.4 is 0 Å². The van der Waals surface area contributed by atoms with Gasteiger partial charge in [-0.2, -0.15) is 0 Å². The van der Waals surface area contributed by atoms with E-state index in [1.807, 2.05) is 44.2 Å². The number of hydrogen-bond acceptors (Lipinski definition) is 4. The van der Waals surface area contributed by atoms with Crippen molar-refractivity contribution in [1.29, 1.82) is 0 Å². The third-order valence-corrected chi connectivity index (χ3v) is 4.27. The predicted octanol–water partition coefficient (Wildman–Crippen LogP) is 2.99. The highest BCUT2D eigenvalue weighted by atomic mass is 35.7. The van der Waals surface area contributed by atoms with Gasteiger partial charge in [-0.25, -0.2) is 13.2 Å². The molecule has 1 unspecified atom stereocenters. The van der Waals surface area contributed by atoms with E-state index in [1.54, 1.807) is 0 Å². The van der Waals surface area contributed by atoms with E-state index in [0.29, 0.717) is 6.42 Å². The molecule has 0 saturated heterocycles. The molecule has 0 aliphatic carbocycles. The van der Waals surface area contributed by atoms with Crippen molar-refractivity contribution in [3.05, 3.63) is 35.9 Å². The molecule has 0 bridgehead atoms. The lowest BCUT2D eigenvalue weighted by molar-refractivity contribution is 0.0850. The summed E-state index contributed by atoms with van der Waals surface area (Å²) in [5, 5.41) is 0. The van der Waals surface area contributed by atoms with Crippen molar-refractivity contribution in [3.63, 3.8) is 0 Å². The number of halogens is 1. The second-order valence-corrected chi connectivity index (χ2v) is 7.63. The van der Waals surface area contributed by atoms with Crippen LogP contribution in [0.3, 0.4) is 0 Å². The summed E-state index contributed by atoms with van der Waals surface area (Å²) < 4.78 is 27.3. The first kappa shape index (κ1) is 17.8. The molecule has 21 heavy (non-hydrogen) atoms. The normalized spacial score (nSPS) is 12.7. The minimum atomic E-state index is -3.64. The van der Waals surface area contributed by atoms with Gasteiger partial charge in [0.25, 0.3) is 0 Å². The monoisotopic (exact) mass is 333 g/mol. The fourth-order valence-electron chi connectivity index (χ4n) is 1.72. The zero-order valence-corrected chi connectivity index (χ0v) is 13.7. The molecule has 1 rings (SSSR count). The Morgan fingerprint density at radius 3 is 2.48 bits per heavy atom. The van der Waals surface area contributed by atoms with Gasteiger partial charge in [0.2, 0.25) is 9.05 Å². The average Bonchev–Trinajstić information content (AvgIpc) is 2.44. The molecule has 1 aromatic carbocycles. The maximum Gasteiger partial charge on any atom is 0.410 e. The van der Waals surface area contributed by atoms with Crippen molar-refractivity contribution >= 4 is 25.8 Å². The molecule has 0 aromatic heterocycles. The van der Waals surface area contributed by atoms with Gasteiger partial charge in [-0.1, -0.05) is 37.3 Å². The summed E-state index contributed by atoms with van der Waals surface area (Å²) >= 11 is 0. The Morgan fingerprint density at radius 1 is 1.33 bits per heavy atom. The number of ether oxygens (including phenoxy) is 1. The van der Waals surface area contributed by atoms with Gasteiger partial charge >= 0.3 is 6.09 Å². The number of amides is 1. The van der Waals surface area contributed by atoms with Gasteiger partial charge < -0.3 is 9.64 Å². The summed E-state index contributed by atoms with van der Waals surface area (Å²) in [5.74, 6) is -0.292. The molecule has 0 fully saturated rings. The fraction of sp³-hybridized carbons (Fsp3) is 0.500. The van der Waals surface area contributed by atoms with E-state index in [4.69, 9.17) is 15.4 Å². The van der Waals surface area contributed by atoms with Gasteiger partial charge in [-0.15, -0.1) is 0 Å². The quantitative estimate of drug-likeness (QED) is 0.719. The minimum Gasteiger partial charge on any atom is -0.445 e. The second-order valence-electron chi connectivity index (χ2n) is 4.73. The van der Waals surface area contributed by atoms with Crippen LogP contribution in [0.4, 0.5) is 4.79 Å². The average molecular weight is 334 g/mol. The lowest BCUT2D eigenvalue weighted by Crippen LogP contribution is -2.41. The highest BCUT2D eigenvalue weighted by molar-refractivity contribution is 8.13. The van der Waals surface area contributed by atoms with E-state index < -0.39 is 15.1 Å². The first-order chi connectivity index (χ1) is 9.83. The van der Waals surface area contributed by atoms with Gasteiger partial charge in [-0.3, -0.25) is 0 Å². The zero-order valence-electron chi connectivity index (χ0n) is 12.2. The number of benzene rings is 1. The number of carbonyl (C=O) groups is 1. The number of rotatable bonds is 7. The Bertz CT molecular complexity index is 547. The van der Waals surface area contributed by atoms with Crippen LogP contribution in [0.5, 0.6) is 0 Å². The van der Waals surface area contributed by atoms with Gasteiger partial charge in [0, 0.05) is 23.3 Å². The van der Waals surface area contributed by atoms with Crippen molar-refractivity contribution in [2.45, 2.75) is 32.9 Å². The fourth-order valence-corrected chi connectivity index (χ4v) is 2.34. The van der Waals surface area contributed by atoms with E-state index in [9.17, 15) is 13.2 Å². The van der Waals surface area contributed by atoms with Crippen LogP contribution in [0.15, 0.2) is 30.3 Å². The van der Waals surface area contributed by atoms with Crippen LogP contribution in [0.25, 0.3) is 0 Å². The molecule has 1 aromatic rings. The van der Waals surface area contributed by atoms with Crippen LogP contribution in [0.2, 0.25) is 0 Å². The summed E-state index contributed by atoms with van der Waals surface area (Å²) in [7, 11) is 1.56. The third kappa shape index (κ3) is 6.82. The Kier molecular flexibility index (Phi) is 6.98. The zero-order chi connectivity index (χ0) is 15.9. The van der Waals surface area contributed by atoms with E-state index in [2.05, 4.69) is 0 Å². The Hall–Kier alpha value is -1.27. The summed E-state index contributed by atoms with van der Waals surface area (Å²) in [6.07, 6.45) is 0.163. The minimum absolute atomic E-state index is 0.0223. The lowest BCUT2D eigenvalue weighted by Gasteiger charge is -2.27. The van der Waals surface area contributed by atoms with Gasteiger partial charge in [0.05, 0.1) is 5.75 Å². The van der Waals surface area contributed by atoms with Crippen LogP contribution in [0, 0.1) is 0 Å². The highest BCUT2D eigenvalue weighted by Crippen LogP contribution is 2.10. The molecular weight excluding hydrogens is 314 g/mol. The molecule has 0 radical (unpaired) electrons. The molecule has 0 aliphatic heterocycles. The van der Waals surface area contributed by atoms with Crippen LogP contribution in [-0.2, 0) is 20.4 Å². The van der Waals surface area contributed by atoms with Gasteiger partial charge in [0.15, 0.2) is 0 Å². The smallest absolute Gasteiger partial charge is 0.410 e. The second kappa shape index (κ2) is 8.24. The van der Waals surface area contributed by atoms with Crippen molar-refractivity contribution in [3.8, 4) is 0 Å².